The summed E-state index contributed by atoms with van der Waals surface area (Å²) in [6.45, 7) is 6.08. The highest BCUT2D eigenvalue weighted by Gasteiger charge is 2.39. The normalized spacial score (nSPS) is 13.3. The molecule has 0 saturated carbocycles. The van der Waals surface area contributed by atoms with E-state index in [2.05, 4.69) is 0 Å². The van der Waals surface area contributed by atoms with Gasteiger partial charge in [0.15, 0.2) is 0 Å². The molecule has 1 heterocycles. The number of hydrogen-bond donors (Lipinski definition) is 1. The number of methoxy groups -OCH3 is 2. The number of halogens is 1. The van der Waals surface area contributed by atoms with Crippen LogP contribution in [-0.2, 0) is 16.1 Å². The summed E-state index contributed by atoms with van der Waals surface area (Å²) >= 11 is 0. The first kappa shape index (κ1) is 27.4. The van der Waals surface area contributed by atoms with Crippen molar-refractivity contribution in [2.45, 2.75) is 39.5 Å². The zero-order chi connectivity index (χ0) is 26.3. The number of benzene rings is 2. The average molecular weight is 497 g/mol. The van der Waals surface area contributed by atoms with E-state index in [1.807, 2.05) is 86.1 Å². The van der Waals surface area contributed by atoms with Crippen LogP contribution in [0.3, 0.4) is 0 Å². The Labute approximate surface area is 213 Å². The van der Waals surface area contributed by atoms with Crippen LogP contribution >= 0.6 is 0 Å². The third kappa shape index (κ3) is 6.71. The molecule has 2 aromatic carbocycles. The van der Waals surface area contributed by atoms with Gasteiger partial charge in [-0.2, -0.15) is 0 Å². The Morgan fingerprint density at radius 2 is 1.86 bits per heavy atom. The van der Waals surface area contributed by atoms with Gasteiger partial charge in [-0.25, -0.2) is 9.37 Å². The van der Waals surface area contributed by atoms with Crippen LogP contribution in [0.4, 0.5) is 4.39 Å². The predicted molar refractivity (Wildman–Crippen MR) is 139 cm³/mol. The molecule has 1 aromatic heterocycles. The van der Waals surface area contributed by atoms with Gasteiger partial charge in [-0.3, -0.25) is 4.79 Å². The highest BCUT2D eigenvalue weighted by molar-refractivity contribution is 5.78. The minimum atomic E-state index is -1.37. The maximum absolute atomic E-state index is 14.6. The molecule has 2 unspecified atom stereocenters. The first-order chi connectivity index (χ1) is 17.2. The molecule has 194 valence electrons. The molecule has 3 rings (SSSR count). The van der Waals surface area contributed by atoms with Gasteiger partial charge in [-0.05, 0) is 23.1 Å². The molecular formula is C28H37FN4O3. The smallest absolute Gasteiger partial charge is 0.249 e. The largest absolute Gasteiger partial charge is 0.497 e. The number of alkyl halides is 1. The van der Waals surface area contributed by atoms with Crippen LogP contribution in [0.25, 0.3) is 11.3 Å². The summed E-state index contributed by atoms with van der Waals surface area (Å²) in [5, 5.41) is 0. The second-order valence-corrected chi connectivity index (χ2v) is 9.91. The lowest BCUT2D eigenvalue weighted by atomic mass is 9.84. The topological polar surface area (TPSA) is 82.6 Å². The van der Waals surface area contributed by atoms with Gasteiger partial charge >= 0.3 is 0 Å². The monoisotopic (exact) mass is 496 g/mol. The fraction of sp³-hybridized carbons (Fsp3) is 0.429. The van der Waals surface area contributed by atoms with Gasteiger partial charge in [-0.15, -0.1) is 0 Å². The molecule has 3 aromatic rings. The second kappa shape index (κ2) is 12.1. The quantitative estimate of drug-likeness (QED) is 0.424. The van der Waals surface area contributed by atoms with E-state index in [4.69, 9.17) is 20.2 Å². The summed E-state index contributed by atoms with van der Waals surface area (Å²) < 4.78 is 27.2. The van der Waals surface area contributed by atoms with Gasteiger partial charge in [0.2, 0.25) is 5.91 Å². The average Bonchev–Trinajstić information content (AvgIpc) is 3.26. The van der Waals surface area contributed by atoms with E-state index in [1.54, 1.807) is 7.11 Å². The lowest BCUT2D eigenvalue weighted by Crippen LogP contribution is -2.47. The predicted octanol–water partition coefficient (Wildman–Crippen LogP) is 4.47. The number of aromatic nitrogens is 2. The summed E-state index contributed by atoms with van der Waals surface area (Å²) in [5.41, 5.74) is 7.88. The second-order valence-electron chi connectivity index (χ2n) is 9.91. The van der Waals surface area contributed by atoms with Crippen LogP contribution in [0.1, 0.15) is 38.2 Å². The Morgan fingerprint density at radius 3 is 2.47 bits per heavy atom. The van der Waals surface area contributed by atoms with Gasteiger partial charge in [-0.1, -0.05) is 63.2 Å². The van der Waals surface area contributed by atoms with Crippen molar-refractivity contribution in [3.8, 4) is 17.0 Å². The highest BCUT2D eigenvalue weighted by Crippen LogP contribution is 2.39. The van der Waals surface area contributed by atoms with Crippen LogP contribution in [0, 0.1) is 5.41 Å². The Hall–Kier alpha value is -3.23. The molecule has 0 saturated heterocycles. The fourth-order valence-electron chi connectivity index (χ4n) is 4.33. The minimum Gasteiger partial charge on any atom is -0.497 e. The molecule has 0 radical (unpaired) electrons. The SMILES string of the molecule is COCC(=O)N(CC(F)CN)C(c1nc(-c2ccccc2)cn1Cc1cccc(OC)c1)C(C)(C)C. The summed E-state index contributed by atoms with van der Waals surface area (Å²) in [7, 11) is 3.09. The van der Waals surface area contributed by atoms with Gasteiger partial charge in [0, 0.05) is 32.0 Å². The van der Waals surface area contributed by atoms with Crippen molar-refractivity contribution in [1.29, 1.82) is 0 Å². The van der Waals surface area contributed by atoms with Crippen molar-refractivity contribution in [2.75, 3.05) is 33.9 Å². The fourth-order valence-corrected chi connectivity index (χ4v) is 4.33. The molecule has 7 nitrogen and oxygen atoms in total. The molecule has 0 bridgehead atoms. The van der Waals surface area contributed by atoms with Gasteiger partial charge in [0.25, 0.3) is 0 Å². The molecule has 0 aliphatic rings. The highest BCUT2D eigenvalue weighted by atomic mass is 19.1. The minimum absolute atomic E-state index is 0.146. The maximum atomic E-state index is 14.6. The number of rotatable bonds is 11. The van der Waals surface area contributed by atoms with Crippen LogP contribution in [-0.4, -0.2) is 60.4 Å². The number of hydrogen-bond acceptors (Lipinski definition) is 5. The van der Waals surface area contributed by atoms with Crippen molar-refractivity contribution in [1.82, 2.24) is 14.5 Å². The number of imidazole rings is 1. The molecular weight excluding hydrogens is 459 g/mol. The van der Waals surface area contributed by atoms with Gasteiger partial charge < -0.3 is 24.7 Å². The van der Waals surface area contributed by atoms with Crippen molar-refractivity contribution in [3.63, 3.8) is 0 Å². The number of carbonyl (C=O) groups excluding carboxylic acids is 1. The van der Waals surface area contributed by atoms with Crippen molar-refractivity contribution in [3.05, 3.63) is 72.2 Å². The van der Waals surface area contributed by atoms with Crippen molar-refractivity contribution < 1.29 is 18.7 Å². The number of ether oxygens (including phenoxy) is 2. The summed E-state index contributed by atoms with van der Waals surface area (Å²) in [4.78, 5) is 19.8. The molecule has 1 amide bonds. The Morgan fingerprint density at radius 1 is 1.14 bits per heavy atom. The Balaban J connectivity index is 2.17. The van der Waals surface area contributed by atoms with E-state index in [-0.39, 0.29) is 25.6 Å². The van der Waals surface area contributed by atoms with E-state index in [0.717, 1.165) is 22.6 Å². The van der Waals surface area contributed by atoms with E-state index >= 15 is 0 Å². The van der Waals surface area contributed by atoms with Crippen molar-refractivity contribution in [2.24, 2.45) is 11.1 Å². The molecule has 36 heavy (non-hydrogen) atoms. The molecule has 2 N–H and O–H groups in total. The maximum Gasteiger partial charge on any atom is 0.249 e. The first-order valence-electron chi connectivity index (χ1n) is 12.1. The number of nitrogens with two attached hydrogens (primary N) is 1. The standard InChI is InChI=1S/C28H37FN4O3/c1-28(2,3)26(33(17-22(29)15-30)25(34)19-35-4)27-31-24(21-11-7-6-8-12-21)18-32(27)16-20-10-9-13-23(14-20)36-5/h6-14,18,22,26H,15-17,19,30H2,1-5H3. The summed E-state index contributed by atoms with van der Waals surface area (Å²) in [6.07, 6.45) is 0.614. The summed E-state index contributed by atoms with van der Waals surface area (Å²) in [5.74, 6) is 1.11. The lowest BCUT2D eigenvalue weighted by Gasteiger charge is -2.40. The van der Waals surface area contributed by atoms with Crippen LogP contribution < -0.4 is 10.5 Å². The molecule has 0 spiro atoms. The Bertz CT molecular complexity index is 1130. The zero-order valence-electron chi connectivity index (χ0n) is 21.8. The summed E-state index contributed by atoms with van der Waals surface area (Å²) in [6, 6.07) is 17.1. The Kier molecular flexibility index (Phi) is 9.23. The lowest BCUT2D eigenvalue weighted by molar-refractivity contribution is -0.141. The van der Waals surface area contributed by atoms with Crippen LogP contribution in [0.15, 0.2) is 60.8 Å². The van der Waals surface area contributed by atoms with Gasteiger partial charge in [0.1, 0.15) is 24.4 Å². The number of nitrogens with zero attached hydrogens (tertiary/aromatic N) is 3. The molecule has 0 aliphatic heterocycles. The van der Waals surface area contributed by atoms with E-state index < -0.39 is 17.6 Å². The van der Waals surface area contributed by atoms with E-state index in [9.17, 15) is 9.18 Å². The van der Waals surface area contributed by atoms with Crippen molar-refractivity contribution >= 4 is 5.91 Å². The molecule has 2 atom stereocenters. The molecule has 0 aliphatic carbocycles. The molecule has 8 heteroatoms. The van der Waals surface area contributed by atoms with Crippen LogP contribution in [0.2, 0.25) is 0 Å². The zero-order valence-corrected chi connectivity index (χ0v) is 21.8. The third-order valence-electron chi connectivity index (χ3n) is 5.98. The third-order valence-corrected chi connectivity index (χ3v) is 5.98. The number of amides is 1. The number of carbonyl (C=O) groups is 1. The van der Waals surface area contributed by atoms with E-state index in [0.29, 0.717) is 12.4 Å². The van der Waals surface area contributed by atoms with Crippen LogP contribution in [0.5, 0.6) is 5.75 Å². The first-order valence-corrected chi connectivity index (χ1v) is 12.1. The van der Waals surface area contributed by atoms with Gasteiger partial charge in [0.05, 0.1) is 25.4 Å². The van der Waals surface area contributed by atoms with E-state index in [1.165, 1.54) is 12.0 Å². The molecule has 0 fully saturated rings.